The zero-order chi connectivity index (χ0) is 17.0. The van der Waals surface area contributed by atoms with E-state index in [-0.39, 0.29) is 18.2 Å². The normalized spacial score (nSPS) is 12.1. The highest BCUT2D eigenvalue weighted by atomic mass is 32.2. The number of pyridine rings is 1. The number of halogens is 2. The third-order valence-electron chi connectivity index (χ3n) is 3.35. The van der Waals surface area contributed by atoms with Gasteiger partial charge in [0, 0.05) is 36.6 Å². The van der Waals surface area contributed by atoms with Crippen molar-refractivity contribution < 1.29 is 17.2 Å². The Morgan fingerprint density at radius 2 is 1.96 bits per heavy atom. The number of hydrogen-bond donors (Lipinski definition) is 0. The Morgan fingerprint density at radius 3 is 2.52 bits per heavy atom. The number of aromatic nitrogens is 1. The molecule has 0 aliphatic rings. The van der Waals surface area contributed by atoms with Crippen LogP contribution in [0.15, 0.2) is 42.7 Å². The number of sulfonamides is 1. The van der Waals surface area contributed by atoms with Crippen molar-refractivity contribution in [2.75, 3.05) is 0 Å². The minimum absolute atomic E-state index is 0.0526. The summed E-state index contributed by atoms with van der Waals surface area (Å²) in [6, 6.07) is 6.09. The zero-order valence-corrected chi connectivity index (χ0v) is 13.7. The molecule has 0 unspecified atom stereocenters. The van der Waals surface area contributed by atoms with Gasteiger partial charge >= 0.3 is 0 Å². The van der Waals surface area contributed by atoms with Crippen LogP contribution in [-0.2, 0) is 22.3 Å². The maximum Gasteiger partial charge on any atom is 0.218 e. The summed E-state index contributed by atoms with van der Waals surface area (Å²) < 4.78 is 53.2. The van der Waals surface area contributed by atoms with Gasteiger partial charge in [0.25, 0.3) is 0 Å². The molecule has 1 heterocycles. The molecule has 0 saturated carbocycles. The van der Waals surface area contributed by atoms with Crippen molar-refractivity contribution >= 4 is 10.0 Å². The van der Waals surface area contributed by atoms with Crippen LogP contribution >= 0.6 is 0 Å². The summed E-state index contributed by atoms with van der Waals surface area (Å²) >= 11 is 0. The molecule has 23 heavy (non-hydrogen) atoms. The third kappa shape index (κ3) is 4.56. The molecule has 0 atom stereocenters. The second-order valence-corrected chi connectivity index (χ2v) is 7.41. The van der Waals surface area contributed by atoms with Gasteiger partial charge in [-0.15, -0.1) is 0 Å². The fraction of sp³-hybridized carbons (Fsp3) is 0.312. The second kappa shape index (κ2) is 7.14. The van der Waals surface area contributed by atoms with E-state index in [4.69, 9.17) is 0 Å². The van der Waals surface area contributed by atoms with Crippen LogP contribution < -0.4 is 0 Å². The molecule has 1 aromatic heterocycles. The SMILES string of the molecule is CC(C)N(Cc1cccnc1)S(=O)(=O)Cc1ccc(F)cc1F. The van der Waals surface area contributed by atoms with E-state index in [0.29, 0.717) is 6.07 Å². The Balaban J connectivity index is 2.26. The average Bonchev–Trinajstić information content (AvgIpc) is 2.48. The van der Waals surface area contributed by atoms with Crippen LogP contribution in [0.3, 0.4) is 0 Å². The van der Waals surface area contributed by atoms with E-state index >= 15 is 0 Å². The maximum atomic E-state index is 13.7. The summed E-state index contributed by atoms with van der Waals surface area (Å²) in [5.74, 6) is -2.12. The first-order valence-corrected chi connectivity index (χ1v) is 8.73. The van der Waals surface area contributed by atoms with Gasteiger partial charge in [0.05, 0.1) is 5.75 Å². The van der Waals surface area contributed by atoms with Crippen LogP contribution in [0.2, 0.25) is 0 Å². The lowest BCUT2D eigenvalue weighted by Crippen LogP contribution is -2.37. The molecule has 0 aliphatic heterocycles. The van der Waals surface area contributed by atoms with Crippen LogP contribution in [0, 0.1) is 11.6 Å². The van der Waals surface area contributed by atoms with Crippen LogP contribution in [-0.4, -0.2) is 23.7 Å². The van der Waals surface area contributed by atoms with Gasteiger partial charge in [-0.25, -0.2) is 17.2 Å². The average molecular weight is 340 g/mol. The molecule has 0 bridgehead atoms. The van der Waals surface area contributed by atoms with Crippen molar-refractivity contribution in [3.8, 4) is 0 Å². The summed E-state index contributed by atoms with van der Waals surface area (Å²) in [4.78, 5) is 3.96. The predicted molar refractivity (Wildman–Crippen MR) is 83.9 cm³/mol. The van der Waals surface area contributed by atoms with E-state index in [9.17, 15) is 17.2 Å². The Morgan fingerprint density at radius 1 is 1.22 bits per heavy atom. The van der Waals surface area contributed by atoms with Gasteiger partial charge in [-0.3, -0.25) is 4.98 Å². The van der Waals surface area contributed by atoms with Crippen LogP contribution in [0.1, 0.15) is 25.0 Å². The van der Waals surface area contributed by atoms with E-state index in [1.165, 1.54) is 4.31 Å². The first kappa shape index (κ1) is 17.5. The topological polar surface area (TPSA) is 50.3 Å². The van der Waals surface area contributed by atoms with Gasteiger partial charge < -0.3 is 0 Å². The molecule has 0 spiro atoms. The van der Waals surface area contributed by atoms with E-state index in [0.717, 1.165) is 17.7 Å². The highest BCUT2D eigenvalue weighted by Gasteiger charge is 2.26. The molecule has 0 aliphatic carbocycles. The van der Waals surface area contributed by atoms with Gasteiger partial charge in [-0.05, 0) is 31.5 Å². The number of nitrogens with zero attached hydrogens (tertiary/aromatic N) is 2. The highest BCUT2D eigenvalue weighted by Crippen LogP contribution is 2.19. The number of rotatable bonds is 6. The molecule has 0 N–H and O–H groups in total. The maximum absolute atomic E-state index is 13.7. The molecule has 2 rings (SSSR count). The van der Waals surface area contributed by atoms with Crippen LogP contribution in [0.4, 0.5) is 8.78 Å². The van der Waals surface area contributed by atoms with Crippen LogP contribution in [0.5, 0.6) is 0 Å². The smallest absolute Gasteiger partial charge is 0.218 e. The molecule has 7 heteroatoms. The van der Waals surface area contributed by atoms with Crippen molar-refractivity contribution in [3.63, 3.8) is 0 Å². The summed E-state index contributed by atoms with van der Waals surface area (Å²) in [7, 11) is -3.77. The Hall–Kier alpha value is -1.86. The predicted octanol–water partition coefficient (Wildman–Crippen LogP) is 3.10. The second-order valence-electron chi connectivity index (χ2n) is 5.49. The van der Waals surface area contributed by atoms with Gasteiger partial charge in [-0.2, -0.15) is 4.31 Å². The lowest BCUT2D eigenvalue weighted by molar-refractivity contribution is 0.347. The fourth-order valence-corrected chi connectivity index (χ4v) is 3.97. The first-order valence-electron chi connectivity index (χ1n) is 7.12. The van der Waals surface area contributed by atoms with E-state index in [2.05, 4.69) is 4.98 Å². The van der Waals surface area contributed by atoms with Crippen molar-refractivity contribution in [3.05, 3.63) is 65.5 Å². The van der Waals surface area contributed by atoms with E-state index < -0.39 is 27.4 Å². The van der Waals surface area contributed by atoms with Crippen molar-refractivity contribution in [1.82, 2.24) is 9.29 Å². The molecule has 1 aromatic carbocycles. The number of benzene rings is 1. The molecule has 0 amide bonds. The molecule has 0 fully saturated rings. The van der Waals surface area contributed by atoms with Crippen molar-refractivity contribution in [2.45, 2.75) is 32.2 Å². The van der Waals surface area contributed by atoms with Crippen LogP contribution in [0.25, 0.3) is 0 Å². The van der Waals surface area contributed by atoms with Gasteiger partial charge in [0.1, 0.15) is 11.6 Å². The minimum atomic E-state index is -3.77. The standard InChI is InChI=1S/C16H18F2N2O2S/c1-12(2)20(10-13-4-3-7-19-9-13)23(21,22)11-14-5-6-15(17)8-16(14)18/h3-9,12H,10-11H2,1-2H3. The van der Waals surface area contributed by atoms with Gasteiger partial charge in [0.15, 0.2) is 0 Å². The lowest BCUT2D eigenvalue weighted by atomic mass is 10.2. The zero-order valence-electron chi connectivity index (χ0n) is 12.9. The molecule has 2 aromatic rings. The molecular formula is C16H18F2N2O2S. The summed E-state index contributed by atoms with van der Waals surface area (Å²) in [5.41, 5.74) is 0.688. The van der Waals surface area contributed by atoms with E-state index in [1.807, 2.05) is 0 Å². The summed E-state index contributed by atoms with van der Waals surface area (Å²) in [5, 5.41) is 0. The third-order valence-corrected chi connectivity index (χ3v) is 5.29. The van der Waals surface area contributed by atoms with E-state index in [1.54, 1.807) is 38.4 Å². The number of hydrogen-bond acceptors (Lipinski definition) is 3. The molecule has 0 saturated heterocycles. The Kier molecular flexibility index (Phi) is 5.43. The molecule has 4 nitrogen and oxygen atoms in total. The van der Waals surface area contributed by atoms with Crippen molar-refractivity contribution in [1.29, 1.82) is 0 Å². The highest BCUT2D eigenvalue weighted by molar-refractivity contribution is 7.88. The Bertz CT molecular complexity index is 765. The Labute approximate surface area is 134 Å². The fourth-order valence-electron chi connectivity index (χ4n) is 2.19. The first-order chi connectivity index (χ1) is 10.8. The molecular weight excluding hydrogens is 322 g/mol. The van der Waals surface area contributed by atoms with Gasteiger partial charge in [0.2, 0.25) is 10.0 Å². The lowest BCUT2D eigenvalue weighted by Gasteiger charge is -2.26. The molecule has 124 valence electrons. The summed E-state index contributed by atoms with van der Waals surface area (Å²) in [6.07, 6.45) is 3.19. The minimum Gasteiger partial charge on any atom is -0.264 e. The quantitative estimate of drug-likeness (QED) is 0.812. The monoisotopic (exact) mass is 340 g/mol. The van der Waals surface area contributed by atoms with Gasteiger partial charge in [-0.1, -0.05) is 12.1 Å². The molecule has 0 radical (unpaired) electrons. The summed E-state index contributed by atoms with van der Waals surface area (Å²) in [6.45, 7) is 3.64. The largest absolute Gasteiger partial charge is 0.264 e. The van der Waals surface area contributed by atoms with Crippen molar-refractivity contribution in [2.24, 2.45) is 0 Å².